The number of carbonyl (C=O) groups excluding carboxylic acids is 2. The number of piperazine rings is 1. The van der Waals surface area contributed by atoms with Gasteiger partial charge in [0.2, 0.25) is 11.8 Å². The van der Waals surface area contributed by atoms with Gasteiger partial charge in [0.1, 0.15) is 0 Å². The summed E-state index contributed by atoms with van der Waals surface area (Å²) in [6.45, 7) is 11.5. The number of rotatable bonds is 9. The van der Waals surface area contributed by atoms with Crippen LogP contribution in [0, 0.1) is 5.41 Å². The Balaban J connectivity index is 0.00000729. The average Bonchev–Trinajstić information content (AvgIpc) is 2.64. The van der Waals surface area contributed by atoms with Crippen molar-refractivity contribution >= 4 is 41.8 Å². The van der Waals surface area contributed by atoms with E-state index >= 15 is 0 Å². The van der Waals surface area contributed by atoms with Crippen LogP contribution in [0.3, 0.4) is 0 Å². The molecule has 10 heteroatoms. The third-order valence-corrected chi connectivity index (χ3v) is 4.52. The first-order valence-electron chi connectivity index (χ1n) is 9.56. The molecule has 1 saturated heterocycles. The summed E-state index contributed by atoms with van der Waals surface area (Å²) in [5.74, 6) is 0.834. The summed E-state index contributed by atoms with van der Waals surface area (Å²) in [5.41, 5.74) is -0.520. The summed E-state index contributed by atoms with van der Waals surface area (Å²) < 4.78 is 4.93. The molecule has 0 saturated carbocycles. The summed E-state index contributed by atoms with van der Waals surface area (Å²) in [6, 6.07) is 0. The van der Waals surface area contributed by atoms with E-state index in [0.717, 1.165) is 32.1 Å². The van der Waals surface area contributed by atoms with E-state index in [4.69, 9.17) is 4.74 Å². The molecule has 9 nitrogen and oxygen atoms in total. The molecule has 0 unspecified atom stereocenters. The number of methoxy groups -OCH3 is 1. The maximum absolute atomic E-state index is 12.1. The minimum absolute atomic E-state index is 0. The molecule has 0 bridgehead atoms. The summed E-state index contributed by atoms with van der Waals surface area (Å²) >= 11 is 0. The first-order chi connectivity index (χ1) is 12.8. The molecule has 0 radical (unpaired) electrons. The van der Waals surface area contributed by atoms with Gasteiger partial charge in [-0.05, 0) is 20.8 Å². The molecule has 28 heavy (non-hydrogen) atoms. The van der Waals surface area contributed by atoms with Gasteiger partial charge in [-0.1, -0.05) is 0 Å². The third-order valence-electron chi connectivity index (χ3n) is 4.52. The lowest BCUT2D eigenvalue weighted by Crippen LogP contribution is -2.55. The Bertz CT molecular complexity index is 508. The van der Waals surface area contributed by atoms with Crippen molar-refractivity contribution in [1.82, 2.24) is 25.8 Å². The van der Waals surface area contributed by atoms with E-state index in [2.05, 4.69) is 30.7 Å². The Hall–Kier alpha value is -1.14. The predicted molar refractivity (Wildman–Crippen MR) is 122 cm³/mol. The largest absolute Gasteiger partial charge is 0.383 e. The molecule has 0 aromatic heterocycles. The van der Waals surface area contributed by atoms with Gasteiger partial charge in [0.15, 0.2) is 5.96 Å². The zero-order valence-electron chi connectivity index (χ0n) is 17.8. The first-order valence-corrected chi connectivity index (χ1v) is 9.56. The van der Waals surface area contributed by atoms with Gasteiger partial charge in [0.25, 0.3) is 0 Å². The zero-order valence-corrected chi connectivity index (χ0v) is 20.2. The first kappa shape index (κ1) is 26.9. The number of nitrogens with one attached hydrogen (secondary N) is 3. The van der Waals surface area contributed by atoms with Crippen LogP contribution in [-0.2, 0) is 14.3 Å². The highest BCUT2D eigenvalue weighted by Crippen LogP contribution is 2.14. The van der Waals surface area contributed by atoms with Crippen molar-refractivity contribution < 1.29 is 14.3 Å². The fourth-order valence-corrected chi connectivity index (χ4v) is 2.78. The second-order valence-corrected chi connectivity index (χ2v) is 7.25. The summed E-state index contributed by atoms with van der Waals surface area (Å²) in [6.07, 6.45) is 0. The van der Waals surface area contributed by atoms with E-state index in [0.29, 0.717) is 32.8 Å². The molecule has 0 spiro atoms. The van der Waals surface area contributed by atoms with Gasteiger partial charge >= 0.3 is 0 Å². The Morgan fingerprint density at radius 1 is 1.11 bits per heavy atom. The van der Waals surface area contributed by atoms with E-state index in [1.807, 2.05) is 20.8 Å². The number of halogens is 1. The number of nitrogens with zero attached hydrogens (tertiary/aromatic N) is 3. The van der Waals surface area contributed by atoms with Crippen molar-refractivity contribution in [3.63, 3.8) is 0 Å². The number of hydrogen-bond donors (Lipinski definition) is 3. The maximum Gasteiger partial charge on any atom is 0.234 e. The van der Waals surface area contributed by atoms with Crippen LogP contribution < -0.4 is 16.0 Å². The molecule has 1 rings (SSSR count). The monoisotopic (exact) mass is 512 g/mol. The van der Waals surface area contributed by atoms with Gasteiger partial charge in [0.05, 0.1) is 18.6 Å². The highest BCUT2D eigenvalue weighted by Gasteiger charge is 2.28. The quantitative estimate of drug-likeness (QED) is 0.170. The van der Waals surface area contributed by atoms with Crippen LogP contribution in [0.2, 0.25) is 0 Å². The molecule has 164 valence electrons. The van der Waals surface area contributed by atoms with Gasteiger partial charge < -0.3 is 25.6 Å². The number of guanidine groups is 1. The van der Waals surface area contributed by atoms with Crippen LogP contribution in [0.25, 0.3) is 0 Å². The molecular weight excluding hydrogens is 475 g/mol. The molecule has 1 fully saturated rings. The normalized spacial score (nSPS) is 15.6. The van der Waals surface area contributed by atoms with Crippen LogP contribution in [-0.4, -0.2) is 101 Å². The SMILES string of the molecule is CCNC(=O)C(C)(C)CNC(=NC)N1CCN(CC(=O)NCCOC)CC1.I. The second kappa shape index (κ2) is 13.9. The van der Waals surface area contributed by atoms with Gasteiger partial charge in [-0.3, -0.25) is 19.5 Å². The lowest BCUT2D eigenvalue weighted by atomic mass is 9.92. The molecular formula is C18H37IN6O3. The van der Waals surface area contributed by atoms with Crippen molar-refractivity contribution in [2.24, 2.45) is 10.4 Å². The van der Waals surface area contributed by atoms with E-state index in [-0.39, 0.29) is 35.8 Å². The minimum Gasteiger partial charge on any atom is -0.383 e. The highest BCUT2D eigenvalue weighted by molar-refractivity contribution is 14.0. The molecule has 0 aliphatic carbocycles. The third kappa shape index (κ3) is 9.37. The molecule has 1 heterocycles. The highest BCUT2D eigenvalue weighted by atomic mass is 127. The van der Waals surface area contributed by atoms with Gasteiger partial charge in [-0.15, -0.1) is 24.0 Å². The molecule has 3 N–H and O–H groups in total. The number of hydrogen-bond acceptors (Lipinski definition) is 5. The van der Waals surface area contributed by atoms with Gasteiger partial charge in [0, 0.05) is 60.0 Å². The Morgan fingerprint density at radius 3 is 2.29 bits per heavy atom. The molecule has 1 aliphatic heterocycles. The van der Waals surface area contributed by atoms with Crippen LogP contribution in [0.1, 0.15) is 20.8 Å². The lowest BCUT2D eigenvalue weighted by molar-refractivity contribution is -0.128. The van der Waals surface area contributed by atoms with Crippen molar-refractivity contribution in [3.05, 3.63) is 0 Å². The van der Waals surface area contributed by atoms with Crippen LogP contribution in [0.4, 0.5) is 0 Å². The van der Waals surface area contributed by atoms with Crippen molar-refractivity contribution in [2.45, 2.75) is 20.8 Å². The van der Waals surface area contributed by atoms with Crippen LogP contribution in [0.15, 0.2) is 4.99 Å². The number of carbonyl (C=O) groups is 2. The minimum atomic E-state index is -0.520. The fraction of sp³-hybridized carbons (Fsp3) is 0.833. The second-order valence-electron chi connectivity index (χ2n) is 7.25. The van der Waals surface area contributed by atoms with E-state index < -0.39 is 5.41 Å². The smallest absolute Gasteiger partial charge is 0.234 e. The summed E-state index contributed by atoms with van der Waals surface area (Å²) in [7, 11) is 3.36. The Morgan fingerprint density at radius 2 is 1.75 bits per heavy atom. The molecule has 1 aliphatic rings. The maximum atomic E-state index is 12.1. The molecule has 2 amide bonds. The van der Waals surface area contributed by atoms with Crippen molar-refractivity contribution in [1.29, 1.82) is 0 Å². The van der Waals surface area contributed by atoms with Gasteiger partial charge in [-0.2, -0.15) is 0 Å². The average molecular weight is 512 g/mol. The Kier molecular flexibility index (Phi) is 13.4. The number of aliphatic imine (C=N–C) groups is 1. The van der Waals surface area contributed by atoms with E-state index in [1.54, 1.807) is 14.2 Å². The zero-order chi connectivity index (χ0) is 20.3. The number of ether oxygens (including phenoxy) is 1. The van der Waals surface area contributed by atoms with Crippen molar-refractivity contribution in [3.8, 4) is 0 Å². The Labute approximate surface area is 186 Å². The van der Waals surface area contributed by atoms with E-state index in [9.17, 15) is 9.59 Å². The fourth-order valence-electron chi connectivity index (χ4n) is 2.78. The van der Waals surface area contributed by atoms with Crippen molar-refractivity contribution in [2.75, 3.05) is 73.1 Å². The predicted octanol–water partition coefficient (Wildman–Crippen LogP) is -0.278. The van der Waals surface area contributed by atoms with Crippen LogP contribution in [0.5, 0.6) is 0 Å². The molecule has 0 aromatic rings. The number of amides is 2. The standard InChI is InChI=1S/C18H36N6O3.HI/c1-6-20-16(26)18(2,3)14-22-17(19-4)24-10-8-23(9-11-24)13-15(25)21-7-12-27-5;/h6-14H2,1-5H3,(H,19,22)(H,20,26)(H,21,25);1H. The topological polar surface area (TPSA) is 98.3 Å². The lowest BCUT2D eigenvalue weighted by Gasteiger charge is -2.37. The van der Waals surface area contributed by atoms with Gasteiger partial charge in [-0.25, -0.2) is 0 Å². The molecule has 0 aromatic carbocycles. The van der Waals surface area contributed by atoms with E-state index in [1.165, 1.54) is 0 Å². The summed E-state index contributed by atoms with van der Waals surface area (Å²) in [4.78, 5) is 32.7. The molecule has 0 atom stereocenters. The van der Waals surface area contributed by atoms with Crippen LogP contribution >= 0.6 is 24.0 Å². The summed E-state index contributed by atoms with van der Waals surface area (Å²) in [5, 5.41) is 9.02.